The summed E-state index contributed by atoms with van der Waals surface area (Å²) in [6.45, 7) is 2.29. The fourth-order valence-corrected chi connectivity index (χ4v) is 3.60. The summed E-state index contributed by atoms with van der Waals surface area (Å²) in [5, 5.41) is 4.97. The molecule has 30 heavy (non-hydrogen) atoms. The molecule has 1 saturated carbocycles. The monoisotopic (exact) mass is 418 g/mol. The number of amides is 1. The van der Waals surface area contributed by atoms with Crippen LogP contribution in [0.4, 0.5) is 0 Å². The van der Waals surface area contributed by atoms with Gasteiger partial charge in [-0.15, -0.1) is 0 Å². The maximum atomic E-state index is 12.4. The molecule has 1 aliphatic rings. The van der Waals surface area contributed by atoms with Crippen molar-refractivity contribution in [3.05, 3.63) is 101 Å². The van der Waals surface area contributed by atoms with Crippen LogP contribution in [0.15, 0.2) is 84.0 Å². The van der Waals surface area contributed by atoms with Crippen molar-refractivity contribution in [1.29, 1.82) is 0 Å². The highest BCUT2D eigenvalue weighted by Crippen LogP contribution is 2.47. The molecular weight excluding hydrogens is 396 g/mol. The lowest BCUT2D eigenvalue weighted by Gasteiger charge is -2.09. The summed E-state index contributed by atoms with van der Waals surface area (Å²) >= 11 is 6.16. The summed E-state index contributed by atoms with van der Waals surface area (Å²) in [5.74, 6) is 1.03. The van der Waals surface area contributed by atoms with Crippen LogP contribution in [0, 0.1) is 5.92 Å². The molecule has 0 spiro atoms. The van der Waals surface area contributed by atoms with Crippen LogP contribution in [0.1, 0.15) is 36.0 Å². The van der Waals surface area contributed by atoms with Crippen molar-refractivity contribution in [2.75, 3.05) is 0 Å². The predicted octanol–water partition coefficient (Wildman–Crippen LogP) is 5.56. The van der Waals surface area contributed by atoms with E-state index in [1.54, 1.807) is 0 Å². The first kappa shape index (κ1) is 20.2. The standard InChI is InChI=1S/C25H23ClN2O2/c1-17(27-28-25(29)23-15-22(23)19-7-3-2-4-8-19)18-11-13-21(14-12-18)30-16-20-9-5-6-10-24(20)26/h2-14,22-23H,15-16H2,1H3,(H,28,29)/b27-17+/t22-,23-/m0/s1. The third kappa shape index (κ3) is 4.89. The number of hydrazone groups is 1. The number of halogens is 1. The molecule has 0 unspecified atom stereocenters. The van der Waals surface area contributed by atoms with E-state index in [2.05, 4.69) is 22.7 Å². The van der Waals surface area contributed by atoms with E-state index in [1.807, 2.05) is 73.7 Å². The van der Waals surface area contributed by atoms with Crippen molar-refractivity contribution in [2.45, 2.75) is 25.9 Å². The fourth-order valence-electron chi connectivity index (χ4n) is 3.41. The van der Waals surface area contributed by atoms with Crippen LogP contribution < -0.4 is 10.2 Å². The van der Waals surface area contributed by atoms with Gasteiger partial charge in [-0.25, -0.2) is 5.43 Å². The Kier molecular flexibility index (Phi) is 6.15. The molecule has 3 aromatic rings. The topological polar surface area (TPSA) is 50.7 Å². The van der Waals surface area contributed by atoms with Gasteiger partial charge in [0.05, 0.1) is 5.71 Å². The number of hydrogen-bond donors (Lipinski definition) is 1. The second-order valence-corrected chi connectivity index (χ2v) is 7.84. The van der Waals surface area contributed by atoms with Crippen LogP contribution >= 0.6 is 11.6 Å². The first-order valence-electron chi connectivity index (χ1n) is 9.97. The summed E-state index contributed by atoms with van der Waals surface area (Å²) in [6, 6.07) is 25.4. The van der Waals surface area contributed by atoms with E-state index < -0.39 is 0 Å². The highest BCUT2D eigenvalue weighted by atomic mass is 35.5. The van der Waals surface area contributed by atoms with Crippen LogP contribution in [0.25, 0.3) is 0 Å². The molecule has 4 rings (SSSR count). The summed E-state index contributed by atoms with van der Waals surface area (Å²) in [4.78, 5) is 12.4. The van der Waals surface area contributed by atoms with Crippen molar-refractivity contribution in [2.24, 2.45) is 11.0 Å². The number of carbonyl (C=O) groups excluding carboxylic acids is 1. The average molecular weight is 419 g/mol. The van der Waals surface area contributed by atoms with Gasteiger partial charge in [-0.1, -0.05) is 60.1 Å². The number of nitrogens with zero attached hydrogens (tertiary/aromatic N) is 1. The third-order valence-corrected chi connectivity index (χ3v) is 5.68. The number of benzene rings is 3. The second-order valence-electron chi connectivity index (χ2n) is 7.44. The molecule has 3 aromatic carbocycles. The molecular formula is C25H23ClN2O2. The molecule has 0 heterocycles. The van der Waals surface area contributed by atoms with E-state index in [9.17, 15) is 4.79 Å². The van der Waals surface area contributed by atoms with Gasteiger partial charge in [0.15, 0.2) is 0 Å². The van der Waals surface area contributed by atoms with Crippen molar-refractivity contribution < 1.29 is 9.53 Å². The molecule has 0 aliphatic heterocycles. The van der Waals surface area contributed by atoms with Crippen molar-refractivity contribution in [1.82, 2.24) is 5.43 Å². The average Bonchev–Trinajstić information content (AvgIpc) is 3.59. The first-order chi connectivity index (χ1) is 14.6. The van der Waals surface area contributed by atoms with Gasteiger partial charge in [0, 0.05) is 16.5 Å². The highest BCUT2D eigenvalue weighted by Gasteiger charge is 2.43. The van der Waals surface area contributed by atoms with E-state index in [0.29, 0.717) is 17.5 Å². The van der Waals surface area contributed by atoms with Crippen LogP contribution in [0.5, 0.6) is 5.75 Å². The maximum absolute atomic E-state index is 12.4. The maximum Gasteiger partial charge on any atom is 0.243 e. The van der Waals surface area contributed by atoms with E-state index in [1.165, 1.54) is 5.56 Å². The Morgan fingerprint density at radius 1 is 1.03 bits per heavy atom. The SMILES string of the molecule is C/C(=N\NC(=O)[C@H]1C[C@H]1c1ccccc1)c1ccc(OCc2ccccc2Cl)cc1. The first-order valence-corrected chi connectivity index (χ1v) is 10.4. The van der Waals surface area contributed by atoms with Gasteiger partial charge in [0.25, 0.3) is 0 Å². The Balaban J connectivity index is 1.30. The highest BCUT2D eigenvalue weighted by molar-refractivity contribution is 6.31. The van der Waals surface area contributed by atoms with Crippen LogP contribution in [-0.2, 0) is 11.4 Å². The van der Waals surface area contributed by atoms with Crippen LogP contribution in [0.2, 0.25) is 5.02 Å². The molecule has 1 N–H and O–H groups in total. The quantitative estimate of drug-likeness (QED) is 0.403. The molecule has 5 heteroatoms. The fraction of sp³-hybridized carbons (Fsp3) is 0.200. The van der Waals surface area contributed by atoms with Crippen molar-refractivity contribution >= 4 is 23.2 Å². The zero-order valence-corrected chi connectivity index (χ0v) is 17.5. The predicted molar refractivity (Wildman–Crippen MR) is 120 cm³/mol. The third-order valence-electron chi connectivity index (χ3n) is 5.31. The lowest BCUT2D eigenvalue weighted by molar-refractivity contribution is -0.122. The lowest BCUT2D eigenvalue weighted by Crippen LogP contribution is -2.21. The van der Waals surface area contributed by atoms with Crippen molar-refractivity contribution in [3.8, 4) is 5.75 Å². The normalized spacial score (nSPS) is 18.0. The summed E-state index contributed by atoms with van der Waals surface area (Å²) in [7, 11) is 0. The zero-order valence-electron chi connectivity index (χ0n) is 16.7. The second kappa shape index (κ2) is 9.14. The molecule has 0 bridgehead atoms. The minimum Gasteiger partial charge on any atom is -0.489 e. The van der Waals surface area contributed by atoms with Gasteiger partial charge in [-0.2, -0.15) is 5.10 Å². The summed E-state index contributed by atoms with van der Waals surface area (Å²) in [6.07, 6.45) is 0.877. The van der Waals surface area contributed by atoms with E-state index in [-0.39, 0.29) is 11.8 Å². The number of hydrogen-bond acceptors (Lipinski definition) is 3. The summed E-state index contributed by atoms with van der Waals surface area (Å²) in [5.41, 5.74) is 6.54. The van der Waals surface area contributed by atoms with Gasteiger partial charge in [0.1, 0.15) is 12.4 Å². The Morgan fingerprint density at radius 2 is 1.73 bits per heavy atom. The molecule has 0 saturated heterocycles. The summed E-state index contributed by atoms with van der Waals surface area (Å²) < 4.78 is 5.81. The van der Waals surface area contributed by atoms with Gasteiger partial charge in [0.2, 0.25) is 5.91 Å². The molecule has 152 valence electrons. The van der Waals surface area contributed by atoms with E-state index in [4.69, 9.17) is 16.3 Å². The van der Waals surface area contributed by atoms with Gasteiger partial charge < -0.3 is 4.74 Å². The van der Waals surface area contributed by atoms with Crippen LogP contribution in [0.3, 0.4) is 0 Å². The Morgan fingerprint density at radius 3 is 2.47 bits per heavy atom. The number of ether oxygens (including phenoxy) is 1. The van der Waals surface area contributed by atoms with Gasteiger partial charge in [-0.05, 0) is 60.7 Å². The van der Waals surface area contributed by atoms with E-state index in [0.717, 1.165) is 29.0 Å². The van der Waals surface area contributed by atoms with Gasteiger partial charge >= 0.3 is 0 Å². The number of carbonyl (C=O) groups is 1. The molecule has 1 aliphatic carbocycles. The van der Waals surface area contributed by atoms with Crippen molar-refractivity contribution in [3.63, 3.8) is 0 Å². The molecule has 1 amide bonds. The molecule has 0 aromatic heterocycles. The Bertz CT molecular complexity index is 1050. The van der Waals surface area contributed by atoms with E-state index >= 15 is 0 Å². The zero-order chi connectivity index (χ0) is 20.9. The molecule has 0 radical (unpaired) electrons. The smallest absolute Gasteiger partial charge is 0.243 e. The Hall–Kier alpha value is -3.11. The van der Waals surface area contributed by atoms with Gasteiger partial charge in [-0.3, -0.25) is 4.79 Å². The Labute approximate surface area is 181 Å². The molecule has 2 atom stereocenters. The molecule has 1 fully saturated rings. The largest absolute Gasteiger partial charge is 0.489 e. The lowest BCUT2D eigenvalue weighted by atomic mass is 10.1. The minimum absolute atomic E-state index is 0.00420. The van der Waals surface area contributed by atoms with Crippen LogP contribution in [-0.4, -0.2) is 11.6 Å². The number of rotatable bonds is 7. The molecule has 4 nitrogen and oxygen atoms in total. The number of nitrogens with one attached hydrogen (secondary N) is 1. The minimum atomic E-state index is -0.0251.